The van der Waals surface area contributed by atoms with Gasteiger partial charge in [-0.1, -0.05) is 23.7 Å². The number of aromatic nitrogens is 2. The molecular formula is C11H10ClN3O. The Labute approximate surface area is 96.4 Å². The summed E-state index contributed by atoms with van der Waals surface area (Å²) in [6, 6.07) is 5.43. The number of benzene rings is 1. The molecule has 3 N–H and O–H groups in total. The van der Waals surface area contributed by atoms with Gasteiger partial charge in [-0.25, -0.2) is 4.79 Å². The normalized spacial score (nSPS) is 17.6. The Kier molecular flexibility index (Phi) is 1.87. The van der Waals surface area contributed by atoms with Gasteiger partial charge in [0.15, 0.2) is 0 Å². The number of hydrogen-bond acceptors (Lipinski definition) is 3. The second-order valence-corrected chi connectivity index (χ2v) is 4.62. The summed E-state index contributed by atoms with van der Waals surface area (Å²) in [5, 5.41) is 1.32. The Morgan fingerprint density at radius 3 is 2.88 bits per heavy atom. The Bertz CT molecular complexity index is 631. The molecule has 1 aliphatic rings. The fourth-order valence-electron chi connectivity index (χ4n) is 1.91. The van der Waals surface area contributed by atoms with E-state index in [9.17, 15) is 4.79 Å². The van der Waals surface area contributed by atoms with Crippen LogP contribution in [0.2, 0.25) is 5.02 Å². The number of H-pyrrole nitrogens is 1. The molecule has 2 aromatic rings. The third kappa shape index (κ3) is 1.34. The van der Waals surface area contributed by atoms with Crippen LogP contribution in [0.15, 0.2) is 23.0 Å². The lowest BCUT2D eigenvalue weighted by molar-refractivity contribution is 0.708. The maximum Gasteiger partial charge on any atom is 0.345 e. The smallest absolute Gasteiger partial charge is 0.320 e. The summed E-state index contributed by atoms with van der Waals surface area (Å²) in [5.41, 5.74) is 6.60. The van der Waals surface area contributed by atoms with Crippen molar-refractivity contribution in [3.05, 3.63) is 39.4 Å². The number of nitrogens with one attached hydrogen (secondary N) is 1. The summed E-state index contributed by atoms with van der Waals surface area (Å²) in [5.74, 6) is 0. The van der Waals surface area contributed by atoms with Gasteiger partial charge < -0.3 is 10.7 Å². The molecule has 4 nitrogen and oxygen atoms in total. The van der Waals surface area contributed by atoms with E-state index in [-0.39, 0.29) is 0 Å². The summed E-state index contributed by atoms with van der Waals surface area (Å²) >= 11 is 6.02. The van der Waals surface area contributed by atoms with Gasteiger partial charge in [-0.15, -0.1) is 0 Å². The minimum atomic E-state index is -0.398. The zero-order valence-electron chi connectivity index (χ0n) is 8.46. The summed E-state index contributed by atoms with van der Waals surface area (Å²) in [6.07, 6.45) is 1.77. The first-order chi connectivity index (χ1) is 7.60. The highest BCUT2D eigenvalue weighted by molar-refractivity contribution is 6.35. The van der Waals surface area contributed by atoms with Crippen molar-refractivity contribution >= 4 is 22.5 Å². The lowest BCUT2D eigenvalue weighted by Crippen LogP contribution is -2.25. The van der Waals surface area contributed by atoms with Gasteiger partial charge in [-0.05, 0) is 18.9 Å². The van der Waals surface area contributed by atoms with E-state index in [4.69, 9.17) is 17.3 Å². The molecule has 1 fully saturated rings. The van der Waals surface area contributed by atoms with Crippen LogP contribution in [0.25, 0.3) is 10.9 Å². The predicted octanol–water partition coefficient (Wildman–Crippen LogP) is 1.52. The van der Waals surface area contributed by atoms with Crippen molar-refractivity contribution in [1.29, 1.82) is 0 Å². The molecule has 1 aromatic heterocycles. The molecule has 0 radical (unpaired) electrons. The molecule has 0 atom stereocenters. The molecule has 0 amide bonds. The fourth-order valence-corrected chi connectivity index (χ4v) is 2.13. The molecule has 82 valence electrons. The minimum Gasteiger partial charge on any atom is -0.320 e. The van der Waals surface area contributed by atoms with Crippen LogP contribution < -0.4 is 11.4 Å². The first-order valence-electron chi connectivity index (χ1n) is 5.08. The highest BCUT2D eigenvalue weighted by Crippen LogP contribution is 2.43. The summed E-state index contributed by atoms with van der Waals surface area (Å²) < 4.78 is 0. The third-order valence-electron chi connectivity index (χ3n) is 2.99. The van der Waals surface area contributed by atoms with Gasteiger partial charge in [-0.2, -0.15) is 4.98 Å². The van der Waals surface area contributed by atoms with Crippen molar-refractivity contribution in [2.75, 3.05) is 0 Å². The Morgan fingerprint density at radius 2 is 2.19 bits per heavy atom. The van der Waals surface area contributed by atoms with Gasteiger partial charge in [0.1, 0.15) is 0 Å². The first-order valence-corrected chi connectivity index (χ1v) is 5.46. The van der Waals surface area contributed by atoms with Crippen molar-refractivity contribution in [2.24, 2.45) is 5.73 Å². The second kappa shape index (κ2) is 3.06. The van der Waals surface area contributed by atoms with Crippen LogP contribution in [-0.2, 0) is 5.54 Å². The summed E-state index contributed by atoms with van der Waals surface area (Å²) in [7, 11) is 0. The van der Waals surface area contributed by atoms with Crippen LogP contribution in [-0.4, -0.2) is 9.97 Å². The van der Waals surface area contributed by atoms with Crippen LogP contribution in [0.1, 0.15) is 18.5 Å². The van der Waals surface area contributed by atoms with Gasteiger partial charge in [0.05, 0.1) is 16.1 Å². The molecule has 0 saturated heterocycles. The van der Waals surface area contributed by atoms with Gasteiger partial charge in [0, 0.05) is 11.1 Å². The average Bonchev–Trinajstić information content (AvgIpc) is 2.98. The number of aromatic amines is 1. The number of hydrogen-bond donors (Lipinski definition) is 2. The van der Waals surface area contributed by atoms with E-state index < -0.39 is 11.2 Å². The van der Waals surface area contributed by atoms with Gasteiger partial charge >= 0.3 is 5.69 Å². The highest BCUT2D eigenvalue weighted by Gasteiger charge is 2.42. The number of nitrogens with two attached hydrogens (primary N) is 1. The molecule has 1 saturated carbocycles. The van der Waals surface area contributed by atoms with Gasteiger partial charge in [0.25, 0.3) is 0 Å². The zero-order chi connectivity index (χ0) is 11.3. The topological polar surface area (TPSA) is 71.8 Å². The molecule has 1 aliphatic carbocycles. The van der Waals surface area contributed by atoms with Crippen LogP contribution >= 0.6 is 11.6 Å². The van der Waals surface area contributed by atoms with Crippen molar-refractivity contribution in [3.63, 3.8) is 0 Å². The standard InChI is InChI=1S/C11H10ClN3O/c12-7-3-1-2-6-8(7)14-10(16)15-9(6)11(13)4-5-11/h1-3H,4-5,13H2,(H,14,15,16). The average molecular weight is 236 g/mol. The van der Waals surface area contributed by atoms with E-state index in [0.29, 0.717) is 10.5 Å². The van der Waals surface area contributed by atoms with E-state index in [0.717, 1.165) is 23.9 Å². The third-order valence-corrected chi connectivity index (χ3v) is 3.29. The molecular weight excluding hydrogens is 226 g/mol. The fraction of sp³-hybridized carbons (Fsp3) is 0.273. The van der Waals surface area contributed by atoms with Crippen molar-refractivity contribution in [2.45, 2.75) is 18.4 Å². The Morgan fingerprint density at radius 1 is 1.44 bits per heavy atom. The number of para-hydroxylation sites is 1. The molecule has 0 bridgehead atoms. The number of rotatable bonds is 1. The van der Waals surface area contributed by atoms with Gasteiger partial charge in [-0.3, -0.25) is 0 Å². The molecule has 16 heavy (non-hydrogen) atoms. The Hall–Kier alpha value is -1.39. The van der Waals surface area contributed by atoms with E-state index in [1.807, 2.05) is 12.1 Å². The van der Waals surface area contributed by atoms with E-state index in [1.165, 1.54) is 0 Å². The van der Waals surface area contributed by atoms with Crippen LogP contribution in [0.5, 0.6) is 0 Å². The largest absolute Gasteiger partial charge is 0.345 e. The maximum absolute atomic E-state index is 11.5. The molecule has 1 aromatic carbocycles. The zero-order valence-corrected chi connectivity index (χ0v) is 9.21. The van der Waals surface area contributed by atoms with Crippen LogP contribution in [0, 0.1) is 0 Å². The van der Waals surface area contributed by atoms with E-state index >= 15 is 0 Å². The molecule has 3 rings (SSSR count). The number of halogens is 1. The molecule has 0 spiro atoms. The first kappa shape index (κ1) is 9.81. The van der Waals surface area contributed by atoms with Crippen LogP contribution in [0.4, 0.5) is 0 Å². The minimum absolute atomic E-state index is 0.396. The van der Waals surface area contributed by atoms with E-state index in [1.54, 1.807) is 6.07 Å². The summed E-state index contributed by atoms with van der Waals surface area (Å²) in [4.78, 5) is 18.1. The molecule has 1 heterocycles. The number of fused-ring (bicyclic) bond motifs is 1. The monoisotopic (exact) mass is 235 g/mol. The van der Waals surface area contributed by atoms with Crippen LogP contribution in [0.3, 0.4) is 0 Å². The summed E-state index contributed by atoms with van der Waals surface area (Å²) in [6.45, 7) is 0. The molecule has 0 aliphatic heterocycles. The highest BCUT2D eigenvalue weighted by atomic mass is 35.5. The van der Waals surface area contributed by atoms with Crippen molar-refractivity contribution < 1.29 is 0 Å². The molecule has 0 unspecified atom stereocenters. The lowest BCUT2D eigenvalue weighted by atomic mass is 10.1. The molecule has 5 heteroatoms. The number of nitrogens with zero attached hydrogens (tertiary/aromatic N) is 1. The Balaban J connectivity index is 2.44. The lowest BCUT2D eigenvalue weighted by Gasteiger charge is -2.11. The quantitative estimate of drug-likeness (QED) is 0.787. The van der Waals surface area contributed by atoms with Crippen molar-refractivity contribution in [3.8, 4) is 0 Å². The van der Waals surface area contributed by atoms with Crippen molar-refractivity contribution in [1.82, 2.24) is 9.97 Å². The second-order valence-electron chi connectivity index (χ2n) is 4.21. The maximum atomic E-state index is 11.5. The van der Waals surface area contributed by atoms with Gasteiger partial charge in [0.2, 0.25) is 0 Å². The SMILES string of the molecule is NC1(c2[nH]c(=O)nc3c(Cl)cccc23)CC1. The van der Waals surface area contributed by atoms with E-state index in [2.05, 4.69) is 9.97 Å². The predicted molar refractivity (Wildman–Crippen MR) is 62.5 cm³/mol.